The molecule has 0 radical (unpaired) electrons. The zero-order valence-corrected chi connectivity index (χ0v) is 9.78. The second kappa shape index (κ2) is 5.28. The molecule has 1 aliphatic carbocycles. The molecule has 0 aromatic heterocycles. The maximum absolute atomic E-state index is 9.86. The smallest absolute Gasteiger partial charge is 0.0831 e. The van der Waals surface area contributed by atoms with Gasteiger partial charge in [-0.25, -0.2) is 0 Å². The average molecular weight is 212 g/mol. The first-order chi connectivity index (χ1) is 7.29. The molecular formula is C12H24N2O. The maximum Gasteiger partial charge on any atom is 0.0831 e. The van der Waals surface area contributed by atoms with Crippen LogP contribution < -0.4 is 5.32 Å². The minimum atomic E-state index is -0.168. The quantitative estimate of drug-likeness (QED) is 0.670. The molecule has 2 atom stereocenters. The summed E-state index contributed by atoms with van der Waals surface area (Å²) < 4.78 is 0. The lowest BCUT2D eigenvalue weighted by molar-refractivity contribution is 0.0681. The van der Waals surface area contributed by atoms with Crippen LogP contribution in [0.2, 0.25) is 0 Å². The van der Waals surface area contributed by atoms with Crippen molar-refractivity contribution in [2.45, 2.75) is 56.7 Å². The van der Waals surface area contributed by atoms with Gasteiger partial charge in [-0.1, -0.05) is 25.7 Å². The number of aliphatic hydroxyl groups excluding tert-OH is 1. The van der Waals surface area contributed by atoms with E-state index < -0.39 is 0 Å². The molecule has 0 amide bonds. The van der Waals surface area contributed by atoms with Crippen LogP contribution in [0.1, 0.15) is 38.5 Å². The van der Waals surface area contributed by atoms with Crippen molar-refractivity contribution in [1.29, 1.82) is 0 Å². The number of likely N-dealkylation sites (N-methyl/N-ethyl adjacent to an activating group) is 1. The number of hydrogen-bond acceptors (Lipinski definition) is 3. The largest absolute Gasteiger partial charge is 0.390 e. The normalized spacial score (nSPS) is 34.6. The van der Waals surface area contributed by atoms with E-state index in [0.717, 1.165) is 13.1 Å². The van der Waals surface area contributed by atoms with E-state index >= 15 is 0 Å². The molecule has 2 aliphatic rings. The Morgan fingerprint density at radius 3 is 2.27 bits per heavy atom. The lowest BCUT2D eigenvalue weighted by atomic mass is 10.0. The standard InChI is InChI=1S/C12H24N2O/c1-14(11-8-13-9-12(11)15)10-6-4-2-3-5-7-10/h10-13,15H,2-9H2,1H3. The van der Waals surface area contributed by atoms with Gasteiger partial charge in [0.15, 0.2) is 0 Å². The molecule has 3 nitrogen and oxygen atoms in total. The molecule has 88 valence electrons. The summed E-state index contributed by atoms with van der Waals surface area (Å²) in [5, 5.41) is 13.1. The molecule has 1 aliphatic heterocycles. The van der Waals surface area contributed by atoms with Crippen molar-refractivity contribution >= 4 is 0 Å². The summed E-state index contributed by atoms with van der Waals surface area (Å²) in [5.41, 5.74) is 0. The van der Waals surface area contributed by atoms with E-state index in [0.29, 0.717) is 12.1 Å². The molecule has 2 rings (SSSR count). The SMILES string of the molecule is CN(C1CCCCCC1)C1CNCC1O. The Morgan fingerprint density at radius 1 is 1.07 bits per heavy atom. The van der Waals surface area contributed by atoms with E-state index in [1.807, 2.05) is 0 Å². The minimum Gasteiger partial charge on any atom is -0.390 e. The van der Waals surface area contributed by atoms with Gasteiger partial charge in [0.05, 0.1) is 6.10 Å². The number of β-amino-alcohol motifs (C(OH)–C–C–N with tert-alkyl or cyclic N) is 1. The lowest BCUT2D eigenvalue weighted by Gasteiger charge is -2.33. The van der Waals surface area contributed by atoms with Gasteiger partial charge in [0.25, 0.3) is 0 Å². The summed E-state index contributed by atoms with van der Waals surface area (Å²) in [4.78, 5) is 2.43. The summed E-state index contributed by atoms with van der Waals surface area (Å²) in [6, 6.07) is 1.04. The lowest BCUT2D eigenvalue weighted by Crippen LogP contribution is -2.46. The first kappa shape index (κ1) is 11.4. The van der Waals surface area contributed by atoms with Gasteiger partial charge in [0.1, 0.15) is 0 Å². The van der Waals surface area contributed by atoms with Crippen LogP contribution in [0.5, 0.6) is 0 Å². The van der Waals surface area contributed by atoms with Crippen LogP contribution >= 0.6 is 0 Å². The first-order valence-electron chi connectivity index (χ1n) is 6.40. The van der Waals surface area contributed by atoms with Crippen LogP contribution in [0, 0.1) is 0 Å². The molecule has 2 fully saturated rings. The van der Waals surface area contributed by atoms with Gasteiger partial charge in [-0.05, 0) is 19.9 Å². The Kier molecular flexibility index (Phi) is 4.00. The summed E-state index contributed by atoms with van der Waals surface area (Å²) in [7, 11) is 2.19. The molecule has 2 N–H and O–H groups in total. The van der Waals surface area contributed by atoms with Crippen molar-refractivity contribution in [3.63, 3.8) is 0 Å². The van der Waals surface area contributed by atoms with Crippen LogP contribution in [0.15, 0.2) is 0 Å². The van der Waals surface area contributed by atoms with Crippen LogP contribution in [-0.4, -0.2) is 48.3 Å². The van der Waals surface area contributed by atoms with Gasteiger partial charge in [0.2, 0.25) is 0 Å². The molecule has 0 spiro atoms. The number of nitrogens with one attached hydrogen (secondary N) is 1. The zero-order valence-electron chi connectivity index (χ0n) is 9.78. The van der Waals surface area contributed by atoms with Gasteiger partial charge in [-0.15, -0.1) is 0 Å². The van der Waals surface area contributed by atoms with Crippen molar-refractivity contribution in [3.8, 4) is 0 Å². The maximum atomic E-state index is 9.86. The monoisotopic (exact) mass is 212 g/mol. The highest BCUT2D eigenvalue weighted by Crippen LogP contribution is 2.23. The Bertz CT molecular complexity index is 190. The molecule has 15 heavy (non-hydrogen) atoms. The Balaban J connectivity index is 1.90. The molecule has 1 saturated heterocycles. The van der Waals surface area contributed by atoms with Gasteiger partial charge >= 0.3 is 0 Å². The fraction of sp³-hybridized carbons (Fsp3) is 1.00. The topological polar surface area (TPSA) is 35.5 Å². The minimum absolute atomic E-state index is 0.168. The second-order valence-corrected chi connectivity index (χ2v) is 5.10. The number of hydrogen-bond donors (Lipinski definition) is 2. The predicted octanol–water partition coefficient (Wildman–Crippen LogP) is 0.974. The zero-order chi connectivity index (χ0) is 10.7. The molecule has 1 heterocycles. The highest BCUT2D eigenvalue weighted by atomic mass is 16.3. The Labute approximate surface area is 92.8 Å². The van der Waals surface area contributed by atoms with Gasteiger partial charge < -0.3 is 10.4 Å². The average Bonchev–Trinajstić information content (AvgIpc) is 2.53. The van der Waals surface area contributed by atoms with E-state index in [4.69, 9.17) is 0 Å². The number of nitrogens with zero attached hydrogens (tertiary/aromatic N) is 1. The third-order valence-electron chi connectivity index (χ3n) is 4.07. The van der Waals surface area contributed by atoms with E-state index in [1.165, 1.54) is 38.5 Å². The highest BCUT2D eigenvalue weighted by molar-refractivity contribution is 4.90. The van der Waals surface area contributed by atoms with Gasteiger partial charge in [0, 0.05) is 25.2 Å². The van der Waals surface area contributed by atoms with Crippen LogP contribution in [-0.2, 0) is 0 Å². The molecule has 0 aromatic carbocycles. The molecule has 1 saturated carbocycles. The summed E-state index contributed by atoms with van der Waals surface area (Å²) >= 11 is 0. The van der Waals surface area contributed by atoms with Gasteiger partial charge in [-0.3, -0.25) is 4.90 Å². The van der Waals surface area contributed by atoms with Crippen LogP contribution in [0.3, 0.4) is 0 Å². The summed E-state index contributed by atoms with van der Waals surface area (Å²) in [6.07, 6.45) is 8.00. The Morgan fingerprint density at radius 2 is 1.73 bits per heavy atom. The summed E-state index contributed by atoms with van der Waals surface area (Å²) in [6.45, 7) is 1.72. The van der Waals surface area contributed by atoms with Crippen LogP contribution in [0.25, 0.3) is 0 Å². The number of rotatable bonds is 2. The van der Waals surface area contributed by atoms with Crippen molar-refractivity contribution < 1.29 is 5.11 Å². The molecule has 3 heteroatoms. The van der Waals surface area contributed by atoms with Gasteiger partial charge in [-0.2, -0.15) is 0 Å². The van der Waals surface area contributed by atoms with Crippen molar-refractivity contribution in [1.82, 2.24) is 10.2 Å². The fourth-order valence-corrected chi connectivity index (χ4v) is 3.00. The second-order valence-electron chi connectivity index (χ2n) is 5.10. The third kappa shape index (κ3) is 2.71. The van der Waals surface area contributed by atoms with E-state index in [-0.39, 0.29) is 6.10 Å². The van der Waals surface area contributed by atoms with Crippen LogP contribution in [0.4, 0.5) is 0 Å². The highest BCUT2D eigenvalue weighted by Gasteiger charge is 2.32. The molecule has 0 aromatic rings. The predicted molar refractivity (Wildman–Crippen MR) is 61.9 cm³/mol. The third-order valence-corrected chi connectivity index (χ3v) is 4.07. The first-order valence-corrected chi connectivity index (χ1v) is 6.40. The van der Waals surface area contributed by atoms with Crippen molar-refractivity contribution in [2.75, 3.05) is 20.1 Å². The molecule has 0 bridgehead atoms. The molecule has 2 unspecified atom stereocenters. The summed E-state index contributed by atoms with van der Waals surface area (Å²) in [5.74, 6) is 0. The van der Waals surface area contributed by atoms with E-state index in [1.54, 1.807) is 0 Å². The van der Waals surface area contributed by atoms with E-state index in [2.05, 4.69) is 17.3 Å². The number of aliphatic hydroxyl groups is 1. The van der Waals surface area contributed by atoms with Crippen molar-refractivity contribution in [3.05, 3.63) is 0 Å². The fourth-order valence-electron chi connectivity index (χ4n) is 3.00. The molecular weight excluding hydrogens is 188 g/mol. The van der Waals surface area contributed by atoms with E-state index in [9.17, 15) is 5.11 Å². The Hall–Kier alpha value is -0.120. The van der Waals surface area contributed by atoms with Crippen molar-refractivity contribution in [2.24, 2.45) is 0 Å².